The number of nitrogens with one attached hydrogen (secondary N) is 2. The van der Waals surface area contributed by atoms with Crippen molar-refractivity contribution in [1.82, 2.24) is 5.32 Å². The van der Waals surface area contributed by atoms with Crippen molar-refractivity contribution in [3.05, 3.63) is 23.8 Å². The summed E-state index contributed by atoms with van der Waals surface area (Å²) in [5.74, 6) is -0.634. The van der Waals surface area contributed by atoms with Gasteiger partial charge in [0.25, 0.3) is 5.91 Å². The molecule has 1 unspecified atom stereocenters. The molecule has 9 heteroatoms. The molecule has 0 radical (unpaired) electrons. The topological polar surface area (TPSA) is 119 Å². The van der Waals surface area contributed by atoms with Crippen molar-refractivity contribution >= 4 is 33.1 Å². The van der Waals surface area contributed by atoms with Crippen LogP contribution in [-0.4, -0.2) is 50.2 Å². The molecule has 148 valence electrons. The van der Waals surface area contributed by atoms with E-state index in [1.54, 1.807) is 6.07 Å². The van der Waals surface area contributed by atoms with Gasteiger partial charge in [0, 0.05) is 18.2 Å². The highest BCUT2D eigenvalue weighted by Crippen LogP contribution is 2.24. The van der Waals surface area contributed by atoms with Crippen molar-refractivity contribution < 1.29 is 27.5 Å². The van der Waals surface area contributed by atoms with Crippen LogP contribution >= 0.6 is 0 Å². The lowest BCUT2D eigenvalue weighted by atomic mass is 10.1. The van der Waals surface area contributed by atoms with E-state index in [2.05, 4.69) is 10.6 Å². The molecule has 0 spiro atoms. The van der Waals surface area contributed by atoms with Gasteiger partial charge in [0.15, 0.2) is 22.2 Å². The van der Waals surface area contributed by atoms with Gasteiger partial charge in [-0.25, -0.2) is 8.42 Å². The summed E-state index contributed by atoms with van der Waals surface area (Å²) >= 11 is 0. The molecule has 1 saturated heterocycles. The van der Waals surface area contributed by atoms with Gasteiger partial charge in [-0.1, -0.05) is 6.92 Å². The van der Waals surface area contributed by atoms with E-state index in [-0.39, 0.29) is 41.1 Å². The maximum Gasteiger partial charge on any atom is 0.258 e. The molecule has 1 atom stereocenters. The zero-order valence-electron chi connectivity index (χ0n) is 15.4. The highest BCUT2D eigenvalue weighted by Gasteiger charge is 2.29. The quantitative estimate of drug-likeness (QED) is 0.640. The molecule has 2 rings (SSSR count). The Morgan fingerprint density at radius 2 is 1.96 bits per heavy atom. The van der Waals surface area contributed by atoms with Gasteiger partial charge >= 0.3 is 0 Å². The number of Topliss-reactive ketones (excluding diaryl/α,β-unsaturated/α-hetero) is 1. The number of rotatable bonds is 8. The zero-order valence-corrected chi connectivity index (χ0v) is 16.2. The molecule has 1 heterocycles. The third-order valence-corrected chi connectivity index (χ3v) is 5.84. The van der Waals surface area contributed by atoms with Gasteiger partial charge in [0.2, 0.25) is 5.91 Å². The van der Waals surface area contributed by atoms with E-state index in [4.69, 9.17) is 4.74 Å². The van der Waals surface area contributed by atoms with Gasteiger partial charge < -0.3 is 15.4 Å². The van der Waals surface area contributed by atoms with Crippen molar-refractivity contribution in [1.29, 1.82) is 0 Å². The van der Waals surface area contributed by atoms with Crippen molar-refractivity contribution in [3.63, 3.8) is 0 Å². The van der Waals surface area contributed by atoms with E-state index in [0.29, 0.717) is 24.9 Å². The summed E-state index contributed by atoms with van der Waals surface area (Å²) in [6.45, 7) is 2.92. The highest BCUT2D eigenvalue weighted by atomic mass is 32.2. The first-order valence-electron chi connectivity index (χ1n) is 8.77. The average Bonchev–Trinajstić information content (AvgIpc) is 2.92. The van der Waals surface area contributed by atoms with Crippen LogP contribution in [0.3, 0.4) is 0 Å². The largest absolute Gasteiger partial charge is 0.483 e. The number of benzene rings is 1. The summed E-state index contributed by atoms with van der Waals surface area (Å²) in [6, 6.07) is 4.21. The van der Waals surface area contributed by atoms with Crippen LogP contribution in [0, 0.1) is 0 Å². The third kappa shape index (κ3) is 6.35. The minimum absolute atomic E-state index is 0.0659. The van der Waals surface area contributed by atoms with Crippen molar-refractivity contribution in [2.75, 3.05) is 23.4 Å². The number of amides is 2. The monoisotopic (exact) mass is 396 g/mol. The molecule has 0 bridgehead atoms. The molecule has 2 N–H and O–H groups in total. The molecule has 0 saturated carbocycles. The van der Waals surface area contributed by atoms with E-state index in [9.17, 15) is 22.8 Å². The molecule has 27 heavy (non-hydrogen) atoms. The number of anilines is 1. The molecule has 1 aromatic carbocycles. The van der Waals surface area contributed by atoms with E-state index in [1.807, 2.05) is 6.92 Å². The van der Waals surface area contributed by atoms with Crippen LogP contribution in [-0.2, 0) is 19.4 Å². The summed E-state index contributed by atoms with van der Waals surface area (Å²) in [5, 5.41) is 5.32. The van der Waals surface area contributed by atoms with Crippen LogP contribution in [0.4, 0.5) is 5.69 Å². The third-order valence-electron chi connectivity index (χ3n) is 4.08. The van der Waals surface area contributed by atoms with E-state index in [0.717, 1.165) is 0 Å². The normalized spacial score (nSPS) is 17.9. The lowest BCUT2D eigenvalue weighted by Gasteiger charge is -2.14. The summed E-state index contributed by atoms with van der Waals surface area (Å²) in [7, 11) is -3.08. The highest BCUT2D eigenvalue weighted by molar-refractivity contribution is 7.91. The average molecular weight is 396 g/mol. The predicted octanol–water partition coefficient (Wildman–Crippen LogP) is 1.31. The minimum Gasteiger partial charge on any atom is -0.483 e. The van der Waals surface area contributed by atoms with Crippen LogP contribution in [0.1, 0.15) is 43.5 Å². The van der Waals surface area contributed by atoms with Gasteiger partial charge in [-0.2, -0.15) is 0 Å². The van der Waals surface area contributed by atoms with Crippen molar-refractivity contribution in [2.24, 2.45) is 0 Å². The Labute approximate surface area is 158 Å². The van der Waals surface area contributed by atoms with Gasteiger partial charge in [0.05, 0.1) is 17.1 Å². The van der Waals surface area contributed by atoms with Crippen molar-refractivity contribution in [3.8, 4) is 5.75 Å². The summed E-state index contributed by atoms with van der Waals surface area (Å²) < 4.78 is 28.3. The van der Waals surface area contributed by atoms with Gasteiger partial charge in [0.1, 0.15) is 5.75 Å². The first-order valence-corrected chi connectivity index (χ1v) is 10.6. The molecule has 1 fully saturated rings. The molecule has 2 amide bonds. The first kappa shape index (κ1) is 20.9. The minimum atomic E-state index is -3.08. The first-order chi connectivity index (χ1) is 12.7. The number of sulfone groups is 1. The predicted molar refractivity (Wildman–Crippen MR) is 101 cm³/mol. The SMILES string of the molecule is CCCC(=O)Nc1ccc(OCC(=O)NC2CCS(=O)(=O)C2)c(C(C)=O)c1. The zero-order chi connectivity index (χ0) is 20.0. The van der Waals surface area contributed by atoms with Gasteiger partial charge in [-0.15, -0.1) is 0 Å². The summed E-state index contributed by atoms with van der Waals surface area (Å²) in [4.78, 5) is 35.5. The van der Waals surface area contributed by atoms with Gasteiger partial charge in [-0.3, -0.25) is 14.4 Å². The molecule has 1 aliphatic rings. The molecular weight excluding hydrogens is 372 g/mol. The Balaban J connectivity index is 1.97. The van der Waals surface area contributed by atoms with Crippen LogP contribution in [0.15, 0.2) is 18.2 Å². The Bertz CT molecular complexity index is 834. The molecule has 8 nitrogen and oxygen atoms in total. The van der Waals surface area contributed by atoms with E-state index in [1.165, 1.54) is 19.1 Å². The Kier molecular flexibility index (Phi) is 6.95. The fourth-order valence-electron chi connectivity index (χ4n) is 2.78. The van der Waals surface area contributed by atoms with Crippen LogP contribution < -0.4 is 15.4 Å². The van der Waals surface area contributed by atoms with E-state index < -0.39 is 21.8 Å². The Morgan fingerprint density at radius 1 is 1.22 bits per heavy atom. The number of hydrogen-bond donors (Lipinski definition) is 2. The maximum atomic E-state index is 12.0. The molecule has 0 aromatic heterocycles. The number of ether oxygens (including phenoxy) is 1. The van der Waals surface area contributed by atoms with Crippen LogP contribution in [0.2, 0.25) is 0 Å². The fourth-order valence-corrected chi connectivity index (χ4v) is 4.45. The number of carbonyl (C=O) groups excluding carboxylic acids is 3. The fraction of sp³-hybridized carbons (Fsp3) is 0.500. The number of carbonyl (C=O) groups is 3. The van der Waals surface area contributed by atoms with Crippen LogP contribution in [0.5, 0.6) is 5.75 Å². The number of hydrogen-bond acceptors (Lipinski definition) is 6. The second kappa shape index (κ2) is 8.98. The van der Waals surface area contributed by atoms with Crippen LogP contribution in [0.25, 0.3) is 0 Å². The lowest BCUT2D eigenvalue weighted by Crippen LogP contribution is -2.38. The standard InChI is InChI=1S/C18H24N2O6S/c1-3-4-17(22)19-13-5-6-16(15(9-13)12(2)21)26-10-18(23)20-14-7-8-27(24,25)11-14/h5-6,9,14H,3-4,7-8,10-11H2,1-2H3,(H,19,22)(H,20,23). The molecule has 1 aliphatic heterocycles. The van der Waals surface area contributed by atoms with Crippen molar-refractivity contribution in [2.45, 2.75) is 39.2 Å². The number of ketones is 1. The molecular formula is C18H24N2O6S. The maximum absolute atomic E-state index is 12.0. The summed E-state index contributed by atoms with van der Waals surface area (Å²) in [6.07, 6.45) is 1.48. The molecule has 1 aromatic rings. The smallest absolute Gasteiger partial charge is 0.258 e. The second-order valence-electron chi connectivity index (χ2n) is 6.52. The summed E-state index contributed by atoms with van der Waals surface area (Å²) in [5.41, 5.74) is 0.729. The molecule has 0 aliphatic carbocycles. The Morgan fingerprint density at radius 3 is 2.56 bits per heavy atom. The Hall–Kier alpha value is -2.42. The lowest BCUT2D eigenvalue weighted by molar-refractivity contribution is -0.123. The second-order valence-corrected chi connectivity index (χ2v) is 8.75. The van der Waals surface area contributed by atoms with Gasteiger partial charge in [-0.05, 0) is 38.0 Å². The van der Waals surface area contributed by atoms with E-state index >= 15 is 0 Å².